The van der Waals surface area contributed by atoms with Crippen LogP contribution in [0.2, 0.25) is 5.02 Å². The van der Waals surface area contributed by atoms with E-state index in [0.717, 1.165) is 15.7 Å². The number of rotatable bonds is 3. The van der Waals surface area contributed by atoms with Crippen LogP contribution in [0.4, 0.5) is 11.5 Å². The van der Waals surface area contributed by atoms with Crippen molar-refractivity contribution < 1.29 is 9.59 Å². The molecule has 0 radical (unpaired) electrons. The van der Waals surface area contributed by atoms with E-state index in [-0.39, 0.29) is 18.2 Å². The van der Waals surface area contributed by atoms with E-state index < -0.39 is 5.92 Å². The number of halogens is 2. The molecule has 24 heavy (non-hydrogen) atoms. The van der Waals surface area contributed by atoms with Crippen molar-refractivity contribution in [3.8, 4) is 0 Å². The summed E-state index contributed by atoms with van der Waals surface area (Å²) in [6.07, 6.45) is 1.66. The summed E-state index contributed by atoms with van der Waals surface area (Å²) in [5, 5.41) is 3.23. The van der Waals surface area contributed by atoms with Gasteiger partial charge in [-0.15, -0.1) is 0 Å². The van der Waals surface area contributed by atoms with Crippen molar-refractivity contribution >= 4 is 50.9 Å². The lowest BCUT2D eigenvalue weighted by molar-refractivity contribution is -0.122. The van der Waals surface area contributed by atoms with Gasteiger partial charge in [0, 0.05) is 29.3 Å². The molecule has 124 valence electrons. The predicted octanol–water partition coefficient (Wildman–Crippen LogP) is 3.80. The molecule has 3 rings (SSSR count). The molecule has 0 aliphatic carbocycles. The smallest absolute Gasteiger partial charge is 0.230 e. The molecule has 1 atom stereocenters. The van der Waals surface area contributed by atoms with Gasteiger partial charge in [-0.3, -0.25) is 9.59 Å². The van der Waals surface area contributed by atoms with Gasteiger partial charge in [-0.1, -0.05) is 27.5 Å². The van der Waals surface area contributed by atoms with Crippen LogP contribution >= 0.6 is 27.5 Å². The number of hydrogen-bond donors (Lipinski definition) is 1. The first-order chi connectivity index (χ1) is 11.4. The molecule has 0 unspecified atom stereocenters. The van der Waals surface area contributed by atoms with Crippen LogP contribution in [0, 0.1) is 12.8 Å². The monoisotopic (exact) mass is 407 g/mol. The van der Waals surface area contributed by atoms with Crippen LogP contribution in [0.5, 0.6) is 0 Å². The molecule has 1 aliphatic heterocycles. The van der Waals surface area contributed by atoms with Gasteiger partial charge in [0.1, 0.15) is 5.82 Å². The van der Waals surface area contributed by atoms with E-state index in [1.807, 2.05) is 25.1 Å². The van der Waals surface area contributed by atoms with Crippen molar-refractivity contribution in [1.82, 2.24) is 4.98 Å². The lowest BCUT2D eigenvalue weighted by Gasteiger charge is -2.17. The minimum Gasteiger partial charge on any atom is -0.312 e. The van der Waals surface area contributed by atoms with Gasteiger partial charge in [-0.05, 0) is 42.8 Å². The van der Waals surface area contributed by atoms with Crippen molar-refractivity contribution in [1.29, 1.82) is 0 Å². The molecular formula is C17H15BrClN3O2. The Morgan fingerprint density at radius 1 is 1.38 bits per heavy atom. The zero-order chi connectivity index (χ0) is 17.3. The third-order valence-corrected chi connectivity index (χ3v) is 5.04. The Labute approximate surface area is 153 Å². The average Bonchev–Trinajstić information content (AvgIpc) is 2.94. The van der Waals surface area contributed by atoms with Crippen molar-refractivity contribution in [3.63, 3.8) is 0 Å². The maximum Gasteiger partial charge on any atom is 0.230 e. The number of anilines is 2. The molecule has 1 N–H and O–H groups in total. The minimum absolute atomic E-state index is 0.0547. The Hall–Kier alpha value is -1.92. The van der Waals surface area contributed by atoms with Gasteiger partial charge in [-0.25, -0.2) is 4.98 Å². The van der Waals surface area contributed by atoms with Gasteiger partial charge >= 0.3 is 0 Å². The highest BCUT2D eigenvalue weighted by molar-refractivity contribution is 9.10. The zero-order valence-electron chi connectivity index (χ0n) is 12.9. The number of carbonyl (C=O) groups is 2. The Morgan fingerprint density at radius 3 is 2.83 bits per heavy atom. The van der Waals surface area contributed by atoms with E-state index in [0.29, 0.717) is 17.4 Å². The first kappa shape index (κ1) is 16.9. The summed E-state index contributed by atoms with van der Waals surface area (Å²) in [6.45, 7) is 2.32. The summed E-state index contributed by atoms with van der Waals surface area (Å²) in [5.74, 6) is -0.246. The van der Waals surface area contributed by atoms with E-state index >= 15 is 0 Å². The number of carbonyl (C=O) groups excluding carboxylic acids is 2. The lowest BCUT2D eigenvalue weighted by atomic mass is 10.1. The quantitative estimate of drug-likeness (QED) is 0.840. The van der Waals surface area contributed by atoms with Crippen molar-refractivity contribution in [2.45, 2.75) is 13.3 Å². The van der Waals surface area contributed by atoms with Crippen molar-refractivity contribution in [2.24, 2.45) is 5.92 Å². The number of pyridine rings is 1. The molecule has 0 saturated carbocycles. The first-order valence-electron chi connectivity index (χ1n) is 7.43. The fourth-order valence-corrected chi connectivity index (χ4v) is 2.97. The highest BCUT2D eigenvalue weighted by Gasteiger charge is 2.35. The first-order valence-corrected chi connectivity index (χ1v) is 8.60. The average molecular weight is 409 g/mol. The number of hydrogen-bond acceptors (Lipinski definition) is 3. The molecule has 7 heteroatoms. The largest absolute Gasteiger partial charge is 0.312 e. The number of nitrogens with zero attached hydrogens (tertiary/aromatic N) is 2. The second kappa shape index (κ2) is 6.91. The van der Waals surface area contributed by atoms with Gasteiger partial charge in [0.25, 0.3) is 0 Å². The Balaban J connectivity index is 1.70. The summed E-state index contributed by atoms with van der Waals surface area (Å²) in [7, 11) is 0. The van der Waals surface area contributed by atoms with E-state index in [2.05, 4.69) is 26.2 Å². The minimum atomic E-state index is -0.404. The van der Waals surface area contributed by atoms with Crippen LogP contribution in [-0.2, 0) is 9.59 Å². The van der Waals surface area contributed by atoms with E-state index in [4.69, 9.17) is 11.6 Å². The molecule has 1 saturated heterocycles. The topological polar surface area (TPSA) is 62.3 Å². The molecule has 1 aliphatic rings. The zero-order valence-corrected chi connectivity index (χ0v) is 15.3. The van der Waals surface area contributed by atoms with Crippen LogP contribution in [0.25, 0.3) is 0 Å². The maximum absolute atomic E-state index is 12.4. The Bertz CT molecular complexity index is 795. The van der Waals surface area contributed by atoms with E-state index in [1.54, 1.807) is 17.0 Å². The molecule has 1 aromatic carbocycles. The predicted molar refractivity (Wildman–Crippen MR) is 97.2 cm³/mol. The highest BCUT2D eigenvalue weighted by Crippen LogP contribution is 2.29. The number of aryl methyl sites for hydroxylation is 1. The number of nitrogens with one attached hydrogen (secondary N) is 1. The molecule has 2 heterocycles. The van der Waals surface area contributed by atoms with Crippen LogP contribution in [0.1, 0.15) is 12.0 Å². The SMILES string of the molecule is Cc1cc(N2C[C@H](C(=O)Nc3ccc(Cl)cn3)CC2=O)ccc1Br. The normalized spacial score (nSPS) is 17.2. The fourth-order valence-electron chi connectivity index (χ4n) is 2.61. The van der Waals surface area contributed by atoms with Gasteiger partial charge in [-0.2, -0.15) is 0 Å². The number of amides is 2. The molecule has 2 aromatic rings. The van der Waals surface area contributed by atoms with E-state index in [1.165, 1.54) is 6.20 Å². The second-order valence-corrected chi connectivity index (χ2v) is 6.98. The van der Waals surface area contributed by atoms with Crippen molar-refractivity contribution in [3.05, 3.63) is 51.6 Å². The molecular weight excluding hydrogens is 394 g/mol. The third kappa shape index (κ3) is 3.60. The second-order valence-electron chi connectivity index (χ2n) is 5.69. The van der Waals surface area contributed by atoms with Crippen molar-refractivity contribution in [2.75, 3.05) is 16.8 Å². The highest BCUT2D eigenvalue weighted by atomic mass is 79.9. The molecule has 5 nitrogen and oxygen atoms in total. The van der Waals surface area contributed by atoms with Crippen LogP contribution in [0.3, 0.4) is 0 Å². The third-order valence-electron chi connectivity index (χ3n) is 3.93. The van der Waals surface area contributed by atoms with Gasteiger partial charge in [0.05, 0.1) is 10.9 Å². The summed E-state index contributed by atoms with van der Waals surface area (Å²) >= 11 is 9.22. The summed E-state index contributed by atoms with van der Waals surface area (Å²) in [5.41, 5.74) is 1.85. The molecule has 1 fully saturated rings. The molecule has 0 bridgehead atoms. The molecule has 0 spiro atoms. The maximum atomic E-state index is 12.4. The van der Waals surface area contributed by atoms with Gasteiger partial charge in [0.15, 0.2) is 0 Å². The number of aromatic nitrogens is 1. The van der Waals surface area contributed by atoms with Crippen LogP contribution in [-0.4, -0.2) is 23.3 Å². The van der Waals surface area contributed by atoms with E-state index in [9.17, 15) is 9.59 Å². The fraction of sp³-hybridized carbons (Fsp3) is 0.235. The lowest BCUT2D eigenvalue weighted by Crippen LogP contribution is -2.28. The summed E-state index contributed by atoms with van der Waals surface area (Å²) in [6, 6.07) is 9.00. The summed E-state index contributed by atoms with van der Waals surface area (Å²) < 4.78 is 0.987. The van der Waals surface area contributed by atoms with Gasteiger partial charge < -0.3 is 10.2 Å². The molecule has 2 amide bonds. The van der Waals surface area contributed by atoms with Crippen LogP contribution < -0.4 is 10.2 Å². The van der Waals surface area contributed by atoms with Gasteiger partial charge in [0.2, 0.25) is 11.8 Å². The number of benzene rings is 1. The standard InChI is InChI=1S/C17H15BrClN3O2/c1-10-6-13(3-4-14(10)18)22-9-11(7-16(22)23)17(24)21-15-5-2-12(19)8-20-15/h2-6,8,11H,7,9H2,1H3,(H,20,21,24)/t11-/m1/s1. The van der Waals surface area contributed by atoms with Crippen LogP contribution in [0.15, 0.2) is 41.0 Å². The molecule has 1 aromatic heterocycles. The summed E-state index contributed by atoms with van der Waals surface area (Å²) in [4.78, 5) is 30.3. The Kier molecular flexibility index (Phi) is 4.87. The Morgan fingerprint density at radius 2 is 2.17 bits per heavy atom.